The van der Waals surface area contributed by atoms with E-state index in [9.17, 15) is 24.6 Å². The number of hydrogen-bond donors (Lipinski definition) is 2. The van der Waals surface area contributed by atoms with Gasteiger partial charge in [0.05, 0.1) is 29.2 Å². The van der Waals surface area contributed by atoms with Gasteiger partial charge < -0.3 is 20.0 Å². The lowest BCUT2D eigenvalue weighted by molar-refractivity contribution is -0.151. The van der Waals surface area contributed by atoms with Gasteiger partial charge in [0.1, 0.15) is 6.04 Å². The van der Waals surface area contributed by atoms with Crippen molar-refractivity contribution in [2.45, 2.75) is 81.4 Å². The van der Waals surface area contributed by atoms with E-state index >= 15 is 0 Å². The van der Waals surface area contributed by atoms with Gasteiger partial charge in [-0.25, -0.2) is 0 Å². The minimum absolute atomic E-state index is 0.140. The van der Waals surface area contributed by atoms with Crippen molar-refractivity contribution >= 4 is 29.5 Å². The number of aliphatic hydroxyl groups excluding tert-OH is 1. The van der Waals surface area contributed by atoms with E-state index in [0.717, 1.165) is 12.8 Å². The Balaban J connectivity index is 2.10. The molecule has 2 N–H and O–H groups in total. The first-order valence-electron chi connectivity index (χ1n) is 11.8. The maximum atomic E-state index is 14.1. The molecule has 3 saturated heterocycles. The SMILES string of the molecule is C=CCN(CCCC)C(=O)C1N([C@@H](CO)CC(C)C)C(=O)[C@@H]2[C@H](C(=O)O)[C@]3(C)CCC12S3. The Hall–Kier alpha value is -1.54. The molecule has 0 aliphatic carbocycles. The van der Waals surface area contributed by atoms with Gasteiger partial charge in [-0.05, 0) is 38.5 Å². The van der Waals surface area contributed by atoms with Crippen LogP contribution in [0.5, 0.6) is 0 Å². The monoisotopic (exact) mass is 466 g/mol. The first-order valence-corrected chi connectivity index (χ1v) is 12.6. The predicted molar refractivity (Wildman–Crippen MR) is 125 cm³/mol. The molecule has 8 heteroatoms. The Morgan fingerprint density at radius 2 is 2.06 bits per heavy atom. The Labute approximate surface area is 195 Å². The van der Waals surface area contributed by atoms with Crippen molar-refractivity contribution in [2.24, 2.45) is 17.8 Å². The minimum Gasteiger partial charge on any atom is -0.481 e. The first-order chi connectivity index (χ1) is 15.1. The lowest BCUT2D eigenvalue weighted by Crippen LogP contribution is -2.57. The zero-order valence-electron chi connectivity index (χ0n) is 19.7. The van der Waals surface area contributed by atoms with Crippen LogP contribution in [0, 0.1) is 17.8 Å². The third-order valence-corrected chi connectivity index (χ3v) is 9.49. The summed E-state index contributed by atoms with van der Waals surface area (Å²) in [7, 11) is 0. The molecule has 2 bridgehead atoms. The third kappa shape index (κ3) is 3.87. The van der Waals surface area contributed by atoms with E-state index in [0.29, 0.717) is 32.4 Å². The standard InChI is InChI=1S/C24H38N2O5S/c1-6-8-12-25(11-7-2)21(29)19-24-10-9-23(5,32-24)18(22(30)31)17(24)20(28)26(19)16(14-27)13-15(3)4/h7,15-19,27H,2,6,8-14H2,1,3-5H3,(H,30,31)/t16-,17+,18-,19?,23+,24?/m1/s1. The Bertz CT molecular complexity index is 773. The molecule has 2 unspecified atom stereocenters. The summed E-state index contributed by atoms with van der Waals surface area (Å²) in [6.45, 7) is 12.5. The van der Waals surface area contributed by atoms with E-state index in [2.05, 4.69) is 13.5 Å². The van der Waals surface area contributed by atoms with E-state index in [1.807, 2.05) is 20.8 Å². The Morgan fingerprint density at radius 3 is 2.59 bits per heavy atom. The van der Waals surface area contributed by atoms with Gasteiger partial charge in [-0.3, -0.25) is 14.4 Å². The topological polar surface area (TPSA) is 98.2 Å². The van der Waals surface area contributed by atoms with Gasteiger partial charge in [-0.15, -0.1) is 18.3 Å². The molecule has 7 nitrogen and oxygen atoms in total. The Morgan fingerprint density at radius 1 is 1.38 bits per heavy atom. The van der Waals surface area contributed by atoms with Gasteiger partial charge in [-0.2, -0.15) is 0 Å². The number of aliphatic carboxylic acids is 1. The maximum Gasteiger partial charge on any atom is 0.308 e. The number of carbonyl (C=O) groups is 3. The number of carboxylic acids is 1. The molecule has 0 saturated carbocycles. The van der Waals surface area contributed by atoms with Crippen LogP contribution in [-0.4, -0.2) is 79.1 Å². The third-order valence-electron chi connectivity index (χ3n) is 7.50. The number of unbranched alkanes of at least 4 members (excludes halogenated alkanes) is 1. The molecule has 3 rings (SSSR count). The first kappa shape index (κ1) is 25.1. The molecule has 3 aliphatic heterocycles. The molecule has 1 spiro atoms. The highest BCUT2D eigenvalue weighted by molar-refractivity contribution is 8.02. The molecule has 0 radical (unpaired) electrons. The number of likely N-dealkylation sites (tertiary alicyclic amines) is 1. The number of aliphatic hydroxyl groups is 1. The summed E-state index contributed by atoms with van der Waals surface area (Å²) in [6, 6.07) is -1.26. The quantitative estimate of drug-likeness (QED) is 0.455. The average Bonchev–Trinajstić information content (AvgIpc) is 3.29. The molecule has 0 aromatic carbocycles. The number of carbonyl (C=O) groups excluding carboxylic acids is 2. The van der Waals surface area contributed by atoms with Crippen molar-refractivity contribution < 1.29 is 24.6 Å². The highest BCUT2D eigenvalue weighted by atomic mass is 32.2. The van der Waals surface area contributed by atoms with E-state index in [-0.39, 0.29) is 24.3 Å². The molecule has 6 atom stereocenters. The van der Waals surface area contributed by atoms with Crippen molar-refractivity contribution in [3.8, 4) is 0 Å². The average molecular weight is 467 g/mol. The number of hydrogen-bond acceptors (Lipinski definition) is 5. The second-order valence-corrected chi connectivity index (χ2v) is 12.1. The number of rotatable bonds is 11. The minimum atomic E-state index is -0.966. The van der Waals surface area contributed by atoms with Crippen molar-refractivity contribution in [1.82, 2.24) is 9.80 Å². The fraction of sp³-hybridized carbons (Fsp3) is 0.792. The van der Waals surface area contributed by atoms with Crippen LogP contribution >= 0.6 is 11.8 Å². The van der Waals surface area contributed by atoms with E-state index < -0.39 is 39.4 Å². The van der Waals surface area contributed by atoms with Crippen LogP contribution < -0.4 is 0 Å². The zero-order chi connectivity index (χ0) is 23.8. The molecule has 180 valence electrons. The number of amides is 2. The second kappa shape index (κ2) is 9.37. The molecule has 2 amide bonds. The van der Waals surface area contributed by atoms with Crippen molar-refractivity contribution in [3.63, 3.8) is 0 Å². The number of thioether (sulfide) groups is 1. The second-order valence-electron chi connectivity index (χ2n) is 10.2. The zero-order valence-corrected chi connectivity index (χ0v) is 20.6. The molecule has 0 aromatic heterocycles. The molecular weight excluding hydrogens is 428 g/mol. The highest BCUT2D eigenvalue weighted by Gasteiger charge is 2.78. The van der Waals surface area contributed by atoms with Gasteiger partial charge in [-0.1, -0.05) is 33.3 Å². The lowest BCUT2D eigenvalue weighted by Gasteiger charge is -2.40. The molecule has 3 aliphatic rings. The van der Waals surface area contributed by atoms with Gasteiger partial charge in [0, 0.05) is 17.8 Å². The summed E-state index contributed by atoms with van der Waals surface area (Å²) in [5.74, 6) is -2.73. The summed E-state index contributed by atoms with van der Waals surface area (Å²) in [5, 5.41) is 20.3. The summed E-state index contributed by atoms with van der Waals surface area (Å²) in [4.78, 5) is 43.6. The van der Waals surface area contributed by atoms with Crippen LogP contribution in [0.4, 0.5) is 0 Å². The van der Waals surface area contributed by atoms with Crippen molar-refractivity contribution in [3.05, 3.63) is 12.7 Å². The normalized spacial score (nSPS) is 34.1. The lowest BCUT2D eigenvalue weighted by atomic mass is 9.66. The smallest absolute Gasteiger partial charge is 0.308 e. The Kier molecular flexibility index (Phi) is 7.35. The summed E-state index contributed by atoms with van der Waals surface area (Å²) < 4.78 is -1.32. The van der Waals surface area contributed by atoms with Crippen LogP contribution in [0.3, 0.4) is 0 Å². The number of fused-ring (bicyclic) bond motifs is 1. The molecule has 3 heterocycles. The van der Waals surface area contributed by atoms with Gasteiger partial charge in [0.25, 0.3) is 0 Å². The van der Waals surface area contributed by atoms with Gasteiger partial charge in [0.2, 0.25) is 11.8 Å². The van der Waals surface area contributed by atoms with Crippen LogP contribution in [0.1, 0.15) is 59.8 Å². The summed E-state index contributed by atoms with van der Waals surface area (Å²) >= 11 is 1.54. The van der Waals surface area contributed by atoms with Crippen molar-refractivity contribution in [1.29, 1.82) is 0 Å². The number of nitrogens with zero attached hydrogens (tertiary/aromatic N) is 2. The van der Waals surface area contributed by atoms with Gasteiger partial charge in [0.15, 0.2) is 0 Å². The number of carboxylic acid groups (broad SMARTS) is 1. The van der Waals surface area contributed by atoms with Gasteiger partial charge >= 0.3 is 5.97 Å². The predicted octanol–water partition coefficient (Wildman–Crippen LogP) is 2.77. The van der Waals surface area contributed by atoms with Crippen LogP contribution in [0.25, 0.3) is 0 Å². The fourth-order valence-electron chi connectivity index (χ4n) is 6.20. The molecule has 0 aromatic rings. The van der Waals surface area contributed by atoms with Crippen molar-refractivity contribution in [2.75, 3.05) is 19.7 Å². The maximum absolute atomic E-state index is 14.1. The largest absolute Gasteiger partial charge is 0.481 e. The highest BCUT2D eigenvalue weighted by Crippen LogP contribution is 2.71. The van der Waals surface area contributed by atoms with Crippen LogP contribution in [0.2, 0.25) is 0 Å². The van der Waals surface area contributed by atoms with E-state index in [1.165, 1.54) is 0 Å². The summed E-state index contributed by atoms with van der Waals surface area (Å²) in [6.07, 6.45) is 5.33. The molecule has 3 fully saturated rings. The van der Waals surface area contributed by atoms with E-state index in [1.54, 1.807) is 27.6 Å². The van der Waals surface area contributed by atoms with E-state index in [4.69, 9.17) is 0 Å². The molecular formula is C24H38N2O5S. The molecule has 32 heavy (non-hydrogen) atoms. The van der Waals surface area contributed by atoms with Crippen LogP contribution in [0.15, 0.2) is 12.7 Å². The fourth-order valence-corrected chi connectivity index (χ4v) is 8.53. The van der Waals surface area contributed by atoms with Crippen LogP contribution in [-0.2, 0) is 14.4 Å². The summed E-state index contributed by atoms with van der Waals surface area (Å²) in [5.41, 5.74) is 0.